The van der Waals surface area contributed by atoms with Gasteiger partial charge in [-0.2, -0.15) is 0 Å². The summed E-state index contributed by atoms with van der Waals surface area (Å²) in [6.45, 7) is 0.815. The van der Waals surface area contributed by atoms with E-state index in [0.29, 0.717) is 0 Å². The summed E-state index contributed by atoms with van der Waals surface area (Å²) < 4.78 is 11.9. The molecular formula is C14H18BrNO2. The maximum Gasteiger partial charge on any atom is 0.124 e. The van der Waals surface area contributed by atoms with Crippen LogP contribution in [-0.2, 0) is 4.74 Å². The van der Waals surface area contributed by atoms with Gasteiger partial charge < -0.3 is 14.8 Å². The Kier molecular flexibility index (Phi) is 4.66. The second-order valence-electron chi connectivity index (χ2n) is 4.28. The molecule has 1 heterocycles. The van der Waals surface area contributed by atoms with Crippen LogP contribution in [0.1, 0.15) is 24.4 Å². The molecule has 1 unspecified atom stereocenters. The van der Waals surface area contributed by atoms with E-state index in [0.717, 1.165) is 35.2 Å². The summed E-state index contributed by atoms with van der Waals surface area (Å²) >= 11 is 3.51. The van der Waals surface area contributed by atoms with Gasteiger partial charge in [-0.3, -0.25) is 0 Å². The molecule has 0 radical (unpaired) electrons. The second kappa shape index (κ2) is 6.25. The van der Waals surface area contributed by atoms with E-state index >= 15 is 0 Å². The van der Waals surface area contributed by atoms with E-state index in [2.05, 4.69) is 27.3 Å². The third kappa shape index (κ3) is 2.87. The first-order valence-corrected chi connectivity index (χ1v) is 6.87. The Hall–Kier alpha value is -1.00. The molecule has 3 nitrogen and oxygen atoms in total. The minimum absolute atomic E-state index is 0.137. The summed E-state index contributed by atoms with van der Waals surface area (Å²) in [5.74, 6) is 0.893. The van der Waals surface area contributed by atoms with Crippen molar-refractivity contribution in [3.63, 3.8) is 0 Å². The van der Waals surface area contributed by atoms with Gasteiger partial charge in [-0.05, 0) is 43.7 Å². The van der Waals surface area contributed by atoms with Crippen LogP contribution in [0.5, 0.6) is 5.75 Å². The van der Waals surface area contributed by atoms with E-state index in [-0.39, 0.29) is 6.04 Å². The molecule has 0 bridgehead atoms. The molecule has 2 rings (SSSR count). The summed E-state index contributed by atoms with van der Waals surface area (Å²) in [6.07, 6.45) is 4.01. The van der Waals surface area contributed by atoms with Gasteiger partial charge in [-0.25, -0.2) is 0 Å². The van der Waals surface area contributed by atoms with Crippen LogP contribution in [0.3, 0.4) is 0 Å². The van der Waals surface area contributed by atoms with Crippen molar-refractivity contribution < 1.29 is 9.47 Å². The number of halogens is 1. The molecule has 98 valence electrons. The lowest BCUT2D eigenvalue weighted by atomic mass is 9.95. The smallest absolute Gasteiger partial charge is 0.124 e. The average Bonchev–Trinajstić information content (AvgIpc) is 2.41. The van der Waals surface area contributed by atoms with Gasteiger partial charge in [0, 0.05) is 10.0 Å². The van der Waals surface area contributed by atoms with Gasteiger partial charge in [0.15, 0.2) is 0 Å². The van der Waals surface area contributed by atoms with Crippen LogP contribution in [0.4, 0.5) is 0 Å². The third-order valence-corrected chi connectivity index (χ3v) is 3.62. The molecule has 18 heavy (non-hydrogen) atoms. The van der Waals surface area contributed by atoms with Crippen molar-refractivity contribution in [3.05, 3.63) is 40.1 Å². The van der Waals surface area contributed by atoms with E-state index in [4.69, 9.17) is 9.47 Å². The summed E-state index contributed by atoms with van der Waals surface area (Å²) in [5.41, 5.74) is 2.39. The standard InChI is InChI=1S/C14H18BrNO2/c1-16-14(10-4-3-7-18-9-10)12-8-11(15)5-6-13(12)17-2/h5-6,8-9,14,16H,3-4,7H2,1-2H3. The summed E-state index contributed by atoms with van der Waals surface area (Å²) in [7, 11) is 3.66. The van der Waals surface area contributed by atoms with Crippen LogP contribution in [0.25, 0.3) is 0 Å². The van der Waals surface area contributed by atoms with Gasteiger partial charge in [-0.1, -0.05) is 15.9 Å². The fourth-order valence-corrected chi connectivity index (χ4v) is 2.65. The molecule has 4 heteroatoms. The van der Waals surface area contributed by atoms with Crippen molar-refractivity contribution in [1.82, 2.24) is 5.32 Å². The van der Waals surface area contributed by atoms with Crippen LogP contribution in [0.15, 0.2) is 34.5 Å². The number of nitrogens with one attached hydrogen (secondary N) is 1. The zero-order valence-corrected chi connectivity index (χ0v) is 12.3. The van der Waals surface area contributed by atoms with E-state index in [9.17, 15) is 0 Å². The van der Waals surface area contributed by atoms with Gasteiger partial charge in [0.2, 0.25) is 0 Å². The molecule has 0 saturated heterocycles. The highest BCUT2D eigenvalue weighted by molar-refractivity contribution is 9.10. The van der Waals surface area contributed by atoms with E-state index in [1.54, 1.807) is 7.11 Å². The lowest BCUT2D eigenvalue weighted by Gasteiger charge is -2.24. The second-order valence-corrected chi connectivity index (χ2v) is 5.19. The molecule has 1 aliphatic heterocycles. The molecular weight excluding hydrogens is 294 g/mol. The zero-order chi connectivity index (χ0) is 13.0. The minimum atomic E-state index is 0.137. The maximum absolute atomic E-state index is 5.45. The van der Waals surface area contributed by atoms with Gasteiger partial charge >= 0.3 is 0 Å². The average molecular weight is 312 g/mol. The highest BCUT2D eigenvalue weighted by Crippen LogP contribution is 2.34. The van der Waals surface area contributed by atoms with Crippen LogP contribution in [-0.4, -0.2) is 20.8 Å². The Labute approximate surface area is 116 Å². The van der Waals surface area contributed by atoms with Crippen LogP contribution in [0, 0.1) is 0 Å². The first-order chi connectivity index (χ1) is 8.76. The molecule has 1 aliphatic rings. The molecule has 1 aromatic rings. The molecule has 0 saturated carbocycles. The Morgan fingerprint density at radius 3 is 2.89 bits per heavy atom. The first-order valence-electron chi connectivity index (χ1n) is 6.07. The highest BCUT2D eigenvalue weighted by Gasteiger charge is 2.21. The fraction of sp³-hybridized carbons (Fsp3) is 0.429. The Morgan fingerprint density at radius 2 is 2.28 bits per heavy atom. The molecule has 1 atom stereocenters. The van der Waals surface area contributed by atoms with Crippen molar-refractivity contribution in [2.45, 2.75) is 18.9 Å². The van der Waals surface area contributed by atoms with E-state index in [1.807, 2.05) is 25.4 Å². The molecule has 0 amide bonds. The number of ether oxygens (including phenoxy) is 2. The Balaban J connectivity index is 2.37. The largest absolute Gasteiger partial charge is 0.501 e. The van der Waals surface area contributed by atoms with E-state index in [1.165, 1.54) is 5.57 Å². The van der Waals surface area contributed by atoms with Gasteiger partial charge in [-0.15, -0.1) is 0 Å². The molecule has 0 fully saturated rings. The number of methoxy groups -OCH3 is 1. The van der Waals surface area contributed by atoms with Crippen LogP contribution < -0.4 is 10.1 Å². The first kappa shape index (κ1) is 13.4. The normalized spacial score (nSPS) is 16.7. The lowest BCUT2D eigenvalue weighted by Crippen LogP contribution is -2.21. The SMILES string of the molecule is CNC(C1=COCCC1)c1cc(Br)ccc1OC. The van der Waals surface area contributed by atoms with Crippen molar-refractivity contribution in [2.75, 3.05) is 20.8 Å². The quantitative estimate of drug-likeness (QED) is 0.924. The molecule has 1 N–H and O–H groups in total. The summed E-state index contributed by atoms with van der Waals surface area (Å²) in [5, 5.41) is 3.34. The number of likely N-dealkylation sites (N-methyl/N-ethyl adjacent to an activating group) is 1. The lowest BCUT2D eigenvalue weighted by molar-refractivity contribution is 0.219. The maximum atomic E-state index is 5.45. The van der Waals surface area contributed by atoms with Crippen molar-refractivity contribution >= 4 is 15.9 Å². The molecule has 0 spiro atoms. The Morgan fingerprint density at radius 1 is 1.44 bits per heavy atom. The fourth-order valence-electron chi connectivity index (χ4n) is 2.27. The number of benzene rings is 1. The highest BCUT2D eigenvalue weighted by atomic mass is 79.9. The number of hydrogen-bond donors (Lipinski definition) is 1. The van der Waals surface area contributed by atoms with Gasteiger partial charge in [0.1, 0.15) is 5.75 Å². The number of rotatable bonds is 4. The van der Waals surface area contributed by atoms with Crippen molar-refractivity contribution in [1.29, 1.82) is 0 Å². The topological polar surface area (TPSA) is 30.5 Å². The number of hydrogen-bond acceptors (Lipinski definition) is 3. The van der Waals surface area contributed by atoms with Crippen LogP contribution >= 0.6 is 15.9 Å². The molecule has 0 aliphatic carbocycles. The van der Waals surface area contributed by atoms with Gasteiger partial charge in [0.05, 0.1) is 26.0 Å². The third-order valence-electron chi connectivity index (χ3n) is 3.12. The van der Waals surface area contributed by atoms with Crippen molar-refractivity contribution in [3.8, 4) is 5.75 Å². The monoisotopic (exact) mass is 311 g/mol. The van der Waals surface area contributed by atoms with Gasteiger partial charge in [0.25, 0.3) is 0 Å². The summed E-state index contributed by atoms with van der Waals surface area (Å²) in [4.78, 5) is 0. The van der Waals surface area contributed by atoms with Crippen molar-refractivity contribution in [2.24, 2.45) is 0 Å². The summed E-state index contributed by atoms with van der Waals surface area (Å²) in [6, 6.07) is 6.20. The molecule has 1 aromatic carbocycles. The zero-order valence-electron chi connectivity index (χ0n) is 10.7. The minimum Gasteiger partial charge on any atom is -0.501 e. The predicted octanol–water partition coefficient (Wildman–Crippen LogP) is 3.41. The Bertz CT molecular complexity index is 445. The molecule has 0 aromatic heterocycles. The predicted molar refractivity (Wildman–Crippen MR) is 75.8 cm³/mol. The van der Waals surface area contributed by atoms with Crippen LogP contribution in [0.2, 0.25) is 0 Å². The van der Waals surface area contributed by atoms with E-state index < -0.39 is 0 Å².